The van der Waals surface area contributed by atoms with Crippen LogP contribution in [0.25, 0.3) is 11.1 Å². The molecule has 2 rings (SSSR count). The standard InChI is InChI=1S/C11H9NO2S/c12-9-4-2-1-3-8(9)7-5-10(11(13)14)15-6-7/h1-6H,12H2,(H,13,14). The van der Waals surface area contributed by atoms with E-state index in [1.165, 1.54) is 11.3 Å². The summed E-state index contributed by atoms with van der Waals surface area (Å²) in [4.78, 5) is 11.0. The molecule has 3 nitrogen and oxygen atoms in total. The normalized spacial score (nSPS) is 10.1. The number of hydrogen-bond acceptors (Lipinski definition) is 3. The first-order valence-corrected chi connectivity index (χ1v) is 5.23. The maximum absolute atomic E-state index is 10.7. The molecule has 0 aliphatic heterocycles. The van der Waals surface area contributed by atoms with Gasteiger partial charge in [-0.3, -0.25) is 0 Å². The first-order chi connectivity index (χ1) is 7.18. The van der Waals surface area contributed by atoms with Gasteiger partial charge in [-0.15, -0.1) is 11.3 Å². The second-order valence-corrected chi connectivity index (χ2v) is 4.00. The van der Waals surface area contributed by atoms with E-state index >= 15 is 0 Å². The summed E-state index contributed by atoms with van der Waals surface area (Å²) >= 11 is 1.21. The zero-order valence-electron chi connectivity index (χ0n) is 7.81. The lowest BCUT2D eigenvalue weighted by Gasteiger charge is -2.01. The quantitative estimate of drug-likeness (QED) is 0.763. The fourth-order valence-electron chi connectivity index (χ4n) is 1.35. The molecular formula is C11H9NO2S. The molecule has 3 N–H and O–H groups in total. The van der Waals surface area contributed by atoms with Gasteiger partial charge in [-0.1, -0.05) is 18.2 Å². The van der Waals surface area contributed by atoms with Crippen LogP contribution >= 0.6 is 11.3 Å². The van der Waals surface area contributed by atoms with Crippen LogP contribution in [0.1, 0.15) is 9.67 Å². The Hall–Kier alpha value is -1.81. The van der Waals surface area contributed by atoms with Crippen molar-refractivity contribution < 1.29 is 9.90 Å². The number of carboxylic acids is 1. The number of para-hydroxylation sites is 1. The van der Waals surface area contributed by atoms with Crippen LogP contribution in [-0.2, 0) is 0 Å². The number of carboxylic acid groups (broad SMARTS) is 1. The van der Waals surface area contributed by atoms with Crippen LogP contribution in [0, 0.1) is 0 Å². The fraction of sp³-hybridized carbons (Fsp3) is 0. The molecule has 4 heteroatoms. The van der Waals surface area contributed by atoms with Gasteiger partial charge in [0.25, 0.3) is 0 Å². The monoisotopic (exact) mass is 219 g/mol. The Morgan fingerprint density at radius 1 is 1.33 bits per heavy atom. The molecule has 1 aromatic carbocycles. The van der Waals surface area contributed by atoms with E-state index in [4.69, 9.17) is 10.8 Å². The summed E-state index contributed by atoms with van der Waals surface area (Å²) in [7, 11) is 0. The van der Waals surface area contributed by atoms with Crippen LogP contribution in [0.15, 0.2) is 35.7 Å². The Morgan fingerprint density at radius 3 is 2.67 bits per heavy atom. The molecule has 1 aromatic heterocycles. The summed E-state index contributed by atoms with van der Waals surface area (Å²) < 4.78 is 0. The number of nitrogen functional groups attached to an aromatic ring is 1. The largest absolute Gasteiger partial charge is 0.477 e. The number of rotatable bonds is 2. The fourth-order valence-corrected chi connectivity index (χ4v) is 2.09. The molecule has 76 valence electrons. The minimum atomic E-state index is -0.902. The zero-order chi connectivity index (χ0) is 10.8. The summed E-state index contributed by atoms with van der Waals surface area (Å²) in [5, 5.41) is 10.6. The van der Waals surface area contributed by atoms with E-state index < -0.39 is 5.97 Å². The smallest absolute Gasteiger partial charge is 0.345 e. The van der Waals surface area contributed by atoms with Crippen molar-refractivity contribution in [2.24, 2.45) is 0 Å². The van der Waals surface area contributed by atoms with Crippen LogP contribution in [0.4, 0.5) is 5.69 Å². The van der Waals surface area contributed by atoms with Crippen molar-refractivity contribution >= 4 is 23.0 Å². The molecule has 0 saturated carbocycles. The van der Waals surface area contributed by atoms with Crippen molar-refractivity contribution in [3.63, 3.8) is 0 Å². The van der Waals surface area contributed by atoms with Crippen molar-refractivity contribution in [3.05, 3.63) is 40.6 Å². The second kappa shape index (κ2) is 3.74. The van der Waals surface area contributed by atoms with E-state index in [1.807, 2.05) is 18.2 Å². The molecule has 0 aliphatic carbocycles. The lowest BCUT2D eigenvalue weighted by atomic mass is 10.1. The van der Waals surface area contributed by atoms with Gasteiger partial charge in [0, 0.05) is 11.3 Å². The number of nitrogens with two attached hydrogens (primary N) is 1. The average molecular weight is 219 g/mol. The van der Waals surface area contributed by atoms with E-state index in [9.17, 15) is 4.79 Å². The molecule has 15 heavy (non-hydrogen) atoms. The van der Waals surface area contributed by atoms with Gasteiger partial charge in [0.1, 0.15) is 4.88 Å². The highest BCUT2D eigenvalue weighted by Gasteiger charge is 2.09. The van der Waals surface area contributed by atoms with E-state index in [1.54, 1.807) is 17.5 Å². The molecule has 0 radical (unpaired) electrons. The number of carbonyl (C=O) groups is 1. The Morgan fingerprint density at radius 2 is 2.07 bits per heavy atom. The molecular weight excluding hydrogens is 210 g/mol. The SMILES string of the molecule is Nc1ccccc1-c1csc(C(=O)O)c1. The maximum atomic E-state index is 10.7. The topological polar surface area (TPSA) is 63.3 Å². The first-order valence-electron chi connectivity index (χ1n) is 4.35. The predicted molar refractivity (Wildman–Crippen MR) is 61.1 cm³/mol. The van der Waals surface area contributed by atoms with E-state index in [-0.39, 0.29) is 0 Å². The molecule has 0 amide bonds. The van der Waals surface area contributed by atoms with Crippen molar-refractivity contribution in [3.8, 4) is 11.1 Å². The number of hydrogen-bond donors (Lipinski definition) is 2. The van der Waals surface area contributed by atoms with Gasteiger partial charge < -0.3 is 10.8 Å². The average Bonchev–Trinajstić information content (AvgIpc) is 2.67. The van der Waals surface area contributed by atoms with Gasteiger partial charge >= 0.3 is 5.97 Å². The lowest BCUT2D eigenvalue weighted by Crippen LogP contribution is -1.91. The molecule has 2 aromatic rings. The Bertz CT molecular complexity index is 505. The van der Waals surface area contributed by atoms with E-state index in [0.29, 0.717) is 10.6 Å². The third kappa shape index (κ3) is 1.85. The van der Waals surface area contributed by atoms with E-state index in [2.05, 4.69) is 0 Å². The summed E-state index contributed by atoms with van der Waals surface area (Å²) in [6, 6.07) is 9.04. The van der Waals surface area contributed by atoms with Gasteiger partial charge in [-0.2, -0.15) is 0 Å². The molecule has 0 aliphatic rings. The molecule has 0 spiro atoms. The van der Waals surface area contributed by atoms with Gasteiger partial charge in [-0.05, 0) is 23.1 Å². The van der Waals surface area contributed by atoms with Crippen molar-refractivity contribution in [1.29, 1.82) is 0 Å². The highest BCUT2D eigenvalue weighted by Crippen LogP contribution is 2.29. The highest BCUT2D eigenvalue weighted by molar-refractivity contribution is 7.12. The van der Waals surface area contributed by atoms with Crippen LogP contribution in [0.3, 0.4) is 0 Å². The molecule has 0 atom stereocenters. The number of aromatic carboxylic acids is 1. The van der Waals surface area contributed by atoms with Crippen molar-refractivity contribution in [2.75, 3.05) is 5.73 Å². The molecule has 0 saturated heterocycles. The third-order valence-corrected chi connectivity index (χ3v) is 3.00. The van der Waals surface area contributed by atoms with Gasteiger partial charge in [-0.25, -0.2) is 4.79 Å². The molecule has 0 unspecified atom stereocenters. The predicted octanol–water partition coefficient (Wildman–Crippen LogP) is 2.70. The summed E-state index contributed by atoms with van der Waals surface area (Å²) in [6.45, 7) is 0. The Kier molecular flexibility index (Phi) is 2.43. The van der Waals surface area contributed by atoms with Crippen LogP contribution in [-0.4, -0.2) is 11.1 Å². The van der Waals surface area contributed by atoms with Crippen molar-refractivity contribution in [2.45, 2.75) is 0 Å². The first kappa shape index (κ1) is 9.73. The summed E-state index contributed by atoms with van der Waals surface area (Å²) in [5.74, 6) is -0.902. The van der Waals surface area contributed by atoms with Gasteiger partial charge in [0.15, 0.2) is 0 Å². The van der Waals surface area contributed by atoms with Crippen molar-refractivity contribution in [1.82, 2.24) is 0 Å². The Labute approximate surface area is 90.8 Å². The minimum Gasteiger partial charge on any atom is -0.477 e. The number of thiophene rings is 1. The maximum Gasteiger partial charge on any atom is 0.345 e. The number of anilines is 1. The van der Waals surface area contributed by atoms with E-state index in [0.717, 1.165) is 11.1 Å². The van der Waals surface area contributed by atoms with Crippen LogP contribution in [0.2, 0.25) is 0 Å². The van der Waals surface area contributed by atoms with Crippen LogP contribution in [0.5, 0.6) is 0 Å². The lowest BCUT2D eigenvalue weighted by molar-refractivity contribution is 0.0702. The van der Waals surface area contributed by atoms with Gasteiger partial charge in [0.05, 0.1) is 0 Å². The minimum absolute atomic E-state index is 0.327. The summed E-state index contributed by atoms with van der Waals surface area (Å²) in [6.07, 6.45) is 0. The second-order valence-electron chi connectivity index (χ2n) is 3.09. The third-order valence-electron chi connectivity index (χ3n) is 2.08. The molecule has 0 fully saturated rings. The molecule has 1 heterocycles. The Balaban J connectivity index is 2.46. The summed E-state index contributed by atoms with van der Waals surface area (Å²) in [5.41, 5.74) is 8.19. The van der Waals surface area contributed by atoms with Crippen LogP contribution < -0.4 is 5.73 Å². The number of benzene rings is 1. The highest BCUT2D eigenvalue weighted by atomic mass is 32.1. The molecule has 0 bridgehead atoms. The van der Waals surface area contributed by atoms with Gasteiger partial charge in [0.2, 0.25) is 0 Å². The zero-order valence-corrected chi connectivity index (χ0v) is 8.62.